The normalized spacial score (nSPS) is 16.4. The standard InChI is InChI=1S/C6H14N2O2/c1-4(9)6(10)5(8)2-3-7/h5-6,10H,2-3,7-8H2,1H3/t5?,6-/m1/s1. The monoisotopic (exact) mass is 146 g/mol. The molecule has 0 aliphatic heterocycles. The molecule has 60 valence electrons. The Hall–Kier alpha value is -0.450. The molecule has 4 nitrogen and oxygen atoms in total. The van der Waals surface area contributed by atoms with E-state index in [1.165, 1.54) is 6.92 Å². The van der Waals surface area contributed by atoms with Crippen LogP contribution < -0.4 is 11.5 Å². The van der Waals surface area contributed by atoms with Gasteiger partial charge in [0, 0.05) is 6.04 Å². The van der Waals surface area contributed by atoms with Gasteiger partial charge >= 0.3 is 0 Å². The number of Topliss-reactive ketones (excluding diaryl/α,β-unsaturated/α-hetero) is 1. The second-order valence-corrected chi connectivity index (χ2v) is 2.30. The minimum Gasteiger partial charge on any atom is -0.384 e. The second-order valence-electron chi connectivity index (χ2n) is 2.30. The van der Waals surface area contributed by atoms with Gasteiger partial charge in [-0.1, -0.05) is 0 Å². The highest BCUT2D eigenvalue weighted by molar-refractivity contribution is 5.80. The Kier molecular flexibility index (Phi) is 4.18. The van der Waals surface area contributed by atoms with E-state index in [9.17, 15) is 4.79 Å². The molecule has 4 heteroatoms. The molecule has 0 aromatic rings. The number of carbonyl (C=O) groups excluding carboxylic acids is 1. The van der Waals surface area contributed by atoms with Gasteiger partial charge in [0.05, 0.1) is 0 Å². The predicted octanol–water partition coefficient (Wildman–Crippen LogP) is -1.39. The fourth-order valence-corrected chi connectivity index (χ4v) is 0.652. The Labute approximate surface area is 60.2 Å². The van der Waals surface area contributed by atoms with Gasteiger partial charge in [0.2, 0.25) is 0 Å². The number of aliphatic hydroxyl groups excluding tert-OH is 1. The molecule has 2 atom stereocenters. The zero-order valence-corrected chi connectivity index (χ0v) is 6.08. The van der Waals surface area contributed by atoms with Crippen molar-refractivity contribution in [2.45, 2.75) is 25.5 Å². The molecular weight excluding hydrogens is 132 g/mol. The van der Waals surface area contributed by atoms with Crippen molar-refractivity contribution in [3.05, 3.63) is 0 Å². The van der Waals surface area contributed by atoms with Crippen molar-refractivity contribution in [3.8, 4) is 0 Å². The van der Waals surface area contributed by atoms with Crippen LogP contribution in [0.25, 0.3) is 0 Å². The summed E-state index contributed by atoms with van der Waals surface area (Å²) in [5.74, 6) is -0.305. The fraction of sp³-hybridized carbons (Fsp3) is 0.833. The van der Waals surface area contributed by atoms with E-state index in [4.69, 9.17) is 16.6 Å². The molecule has 5 N–H and O–H groups in total. The average Bonchev–Trinajstić information content (AvgIpc) is 1.87. The molecular formula is C6H14N2O2. The van der Waals surface area contributed by atoms with Crippen LogP contribution in [0.1, 0.15) is 13.3 Å². The molecule has 0 aliphatic rings. The molecule has 1 unspecified atom stereocenters. The van der Waals surface area contributed by atoms with Crippen LogP contribution in [0.3, 0.4) is 0 Å². The maximum absolute atomic E-state index is 10.5. The highest BCUT2D eigenvalue weighted by Gasteiger charge is 2.17. The van der Waals surface area contributed by atoms with Crippen LogP contribution in [0.5, 0.6) is 0 Å². The van der Waals surface area contributed by atoms with Crippen molar-refractivity contribution in [1.82, 2.24) is 0 Å². The fourth-order valence-electron chi connectivity index (χ4n) is 0.652. The van der Waals surface area contributed by atoms with Crippen molar-refractivity contribution in [2.75, 3.05) is 6.54 Å². The molecule has 0 radical (unpaired) electrons. The smallest absolute Gasteiger partial charge is 0.159 e. The first-order chi connectivity index (χ1) is 4.59. The number of hydrogen-bond donors (Lipinski definition) is 3. The van der Waals surface area contributed by atoms with Crippen LogP contribution in [0.15, 0.2) is 0 Å². The first kappa shape index (κ1) is 9.55. The van der Waals surface area contributed by atoms with Crippen molar-refractivity contribution >= 4 is 5.78 Å². The highest BCUT2D eigenvalue weighted by Crippen LogP contribution is 1.95. The van der Waals surface area contributed by atoms with Crippen LogP contribution in [0.4, 0.5) is 0 Å². The van der Waals surface area contributed by atoms with Gasteiger partial charge in [-0.15, -0.1) is 0 Å². The summed E-state index contributed by atoms with van der Waals surface area (Å²) in [4.78, 5) is 10.5. The zero-order chi connectivity index (χ0) is 8.15. The van der Waals surface area contributed by atoms with Crippen LogP contribution in [0.2, 0.25) is 0 Å². The van der Waals surface area contributed by atoms with Crippen LogP contribution in [-0.4, -0.2) is 29.6 Å². The van der Waals surface area contributed by atoms with Gasteiger partial charge in [-0.25, -0.2) is 0 Å². The third-order valence-corrected chi connectivity index (χ3v) is 1.32. The van der Waals surface area contributed by atoms with Gasteiger partial charge in [0.25, 0.3) is 0 Å². The Bertz CT molecular complexity index is 116. The Morgan fingerprint density at radius 2 is 2.20 bits per heavy atom. The van der Waals surface area contributed by atoms with Crippen molar-refractivity contribution in [1.29, 1.82) is 0 Å². The van der Waals surface area contributed by atoms with Crippen LogP contribution in [0, 0.1) is 0 Å². The molecule has 0 fully saturated rings. The molecule has 0 aliphatic carbocycles. The Morgan fingerprint density at radius 3 is 2.50 bits per heavy atom. The predicted molar refractivity (Wildman–Crippen MR) is 38.3 cm³/mol. The molecule has 10 heavy (non-hydrogen) atoms. The van der Waals surface area contributed by atoms with E-state index in [0.29, 0.717) is 13.0 Å². The first-order valence-corrected chi connectivity index (χ1v) is 3.23. The van der Waals surface area contributed by atoms with E-state index in [1.807, 2.05) is 0 Å². The molecule has 0 spiro atoms. The molecule has 0 aromatic heterocycles. The topological polar surface area (TPSA) is 89.3 Å². The summed E-state index contributed by atoms with van der Waals surface area (Å²) < 4.78 is 0. The summed E-state index contributed by atoms with van der Waals surface area (Å²) in [6.07, 6.45) is -0.579. The lowest BCUT2D eigenvalue weighted by Gasteiger charge is -2.14. The first-order valence-electron chi connectivity index (χ1n) is 3.23. The summed E-state index contributed by atoms with van der Waals surface area (Å²) in [7, 11) is 0. The van der Waals surface area contributed by atoms with E-state index >= 15 is 0 Å². The SMILES string of the molecule is CC(=O)[C@@H](O)C(N)CCN. The third kappa shape index (κ3) is 2.91. The summed E-state index contributed by atoms with van der Waals surface area (Å²) in [6, 6.07) is -0.512. The number of aliphatic hydroxyl groups is 1. The second kappa shape index (κ2) is 4.38. The Morgan fingerprint density at radius 1 is 1.70 bits per heavy atom. The van der Waals surface area contributed by atoms with Crippen molar-refractivity contribution in [2.24, 2.45) is 11.5 Å². The zero-order valence-electron chi connectivity index (χ0n) is 6.08. The molecule has 0 rings (SSSR count). The van der Waals surface area contributed by atoms with E-state index in [-0.39, 0.29) is 5.78 Å². The lowest BCUT2D eigenvalue weighted by Crippen LogP contribution is -2.40. The minimum atomic E-state index is -1.05. The number of rotatable bonds is 4. The molecule has 0 aromatic carbocycles. The van der Waals surface area contributed by atoms with Gasteiger partial charge in [-0.05, 0) is 19.9 Å². The summed E-state index contributed by atoms with van der Waals surface area (Å²) in [6.45, 7) is 1.70. The largest absolute Gasteiger partial charge is 0.384 e. The van der Waals surface area contributed by atoms with Gasteiger partial charge in [-0.2, -0.15) is 0 Å². The van der Waals surface area contributed by atoms with Crippen molar-refractivity contribution in [3.63, 3.8) is 0 Å². The van der Waals surface area contributed by atoms with Gasteiger partial charge in [0.1, 0.15) is 6.10 Å². The number of hydrogen-bond acceptors (Lipinski definition) is 4. The van der Waals surface area contributed by atoms with E-state index in [2.05, 4.69) is 0 Å². The quantitative estimate of drug-likeness (QED) is 0.455. The number of nitrogens with two attached hydrogens (primary N) is 2. The molecule has 0 saturated heterocycles. The molecule has 0 heterocycles. The van der Waals surface area contributed by atoms with E-state index in [0.717, 1.165) is 0 Å². The summed E-state index contributed by atoms with van der Waals surface area (Å²) >= 11 is 0. The van der Waals surface area contributed by atoms with Gasteiger partial charge < -0.3 is 16.6 Å². The average molecular weight is 146 g/mol. The molecule has 0 saturated carbocycles. The summed E-state index contributed by atoms with van der Waals surface area (Å²) in [5, 5.41) is 9.00. The maximum atomic E-state index is 10.5. The summed E-state index contributed by atoms with van der Waals surface area (Å²) in [5.41, 5.74) is 10.5. The third-order valence-electron chi connectivity index (χ3n) is 1.32. The van der Waals surface area contributed by atoms with Crippen LogP contribution >= 0.6 is 0 Å². The highest BCUT2D eigenvalue weighted by atomic mass is 16.3. The number of ketones is 1. The lowest BCUT2D eigenvalue weighted by molar-refractivity contribution is -0.125. The van der Waals surface area contributed by atoms with E-state index < -0.39 is 12.1 Å². The maximum Gasteiger partial charge on any atom is 0.159 e. The molecule has 0 amide bonds. The van der Waals surface area contributed by atoms with Crippen molar-refractivity contribution < 1.29 is 9.90 Å². The lowest BCUT2D eigenvalue weighted by atomic mass is 10.1. The van der Waals surface area contributed by atoms with Crippen LogP contribution in [-0.2, 0) is 4.79 Å². The molecule has 0 bridgehead atoms. The van der Waals surface area contributed by atoms with E-state index in [1.54, 1.807) is 0 Å². The van der Waals surface area contributed by atoms with Gasteiger partial charge in [0.15, 0.2) is 5.78 Å². The van der Waals surface area contributed by atoms with Gasteiger partial charge in [-0.3, -0.25) is 4.79 Å². The minimum absolute atomic E-state index is 0.305. The number of carbonyl (C=O) groups is 1. The Balaban J connectivity index is 3.69.